The molecule has 1 aliphatic carbocycles. The van der Waals surface area contributed by atoms with E-state index >= 15 is 0 Å². The van der Waals surface area contributed by atoms with Crippen LogP contribution in [0, 0.1) is 5.92 Å². The fraction of sp³-hybridized carbons (Fsp3) is 0.533. The Bertz CT molecular complexity index is 2370. The van der Waals surface area contributed by atoms with Crippen molar-refractivity contribution in [1.82, 2.24) is 33.8 Å². The lowest BCUT2D eigenvalue weighted by Gasteiger charge is -2.30. The van der Waals surface area contributed by atoms with Gasteiger partial charge < -0.3 is 20.3 Å². The molecular formula is C45H60N8O6S2. The Balaban J connectivity index is 1.25. The van der Waals surface area contributed by atoms with Crippen molar-refractivity contribution < 1.29 is 27.5 Å². The van der Waals surface area contributed by atoms with E-state index in [0.29, 0.717) is 18.3 Å². The number of imidazole rings is 1. The molecule has 2 aromatic carbocycles. The van der Waals surface area contributed by atoms with E-state index in [2.05, 4.69) is 56.9 Å². The SMILES string of the molecule is CC(C)c1nc(-c2cccc3c2nc(O[C@@H]2C[C@H]4C(=O)N[C@]5(C(=O)NS(=O)(=O)N(C)C)C[C@H]5/C=C\CCCCC[C@H](Nc5ccccc5)C(=O)N4C2)n3C(C)C)sc1C(C)C. The first kappa shape index (κ1) is 44.3. The van der Waals surface area contributed by atoms with Crippen LogP contribution < -0.4 is 20.1 Å². The van der Waals surface area contributed by atoms with Crippen LogP contribution in [0.4, 0.5) is 5.69 Å². The number of nitrogens with zero attached hydrogens (tertiary/aromatic N) is 5. The zero-order chi connectivity index (χ0) is 43.8. The highest BCUT2D eigenvalue weighted by molar-refractivity contribution is 7.87. The lowest BCUT2D eigenvalue weighted by atomic mass is 10.0. The molecule has 3 aliphatic rings. The highest BCUT2D eigenvalue weighted by atomic mass is 32.2. The molecule has 0 spiro atoms. The third kappa shape index (κ3) is 9.22. The third-order valence-electron chi connectivity index (χ3n) is 11.9. The summed E-state index contributed by atoms with van der Waals surface area (Å²) in [6.07, 6.45) is 7.43. The number of amides is 3. The molecule has 61 heavy (non-hydrogen) atoms. The summed E-state index contributed by atoms with van der Waals surface area (Å²) in [4.78, 5) is 56.4. The van der Waals surface area contributed by atoms with Gasteiger partial charge in [-0.2, -0.15) is 17.7 Å². The molecule has 16 heteroatoms. The quantitative estimate of drug-likeness (QED) is 0.133. The van der Waals surface area contributed by atoms with Gasteiger partial charge in [0, 0.05) is 48.6 Å². The Morgan fingerprint density at radius 2 is 1.74 bits per heavy atom. The van der Waals surface area contributed by atoms with Crippen LogP contribution in [-0.2, 0) is 24.6 Å². The number of aromatic nitrogens is 3. The molecule has 1 saturated heterocycles. The number of fused-ring (bicyclic) bond motifs is 3. The van der Waals surface area contributed by atoms with Crippen molar-refractivity contribution in [2.75, 3.05) is 26.0 Å². The van der Waals surface area contributed by atoms with Crippen LogP contribution in [0.3, 0.4) is 0 Å². The largest absolute Gasteiger partial charge is 0.459 e. The average molecular weight is 873 g/mol. The van der Waals surface area contributed by atoms with Crippen molar-refractivity contribution >= 4 is 56.0 Å². The molecule has 3 amide bonds. The summed E-state index contributed by atoms with van der Waals surface area (Å²) in [5.74, 6) is -1.45. The highest BCUT2D eigenvalue weighted by Gasteiger charge is 2.61. The third-order valence-corrected chi connectivity index (χ3v) is 14.7. The molecule has 3 N–H and O–H groups in total. The van der Waals surface area contributed by atoms with Crippen LogP contribution in [0.25, 0.3) is 21.6 Å². The molecule has 1 saturated carbocycles. The van der Waals surface area contributed by atoms with Gasteiger partial charge in [-0.25, -0.2) is 9.71 Å². The lowest BCUT2D eigenvalue weighted by Crippen LogP contribution is -2.58. The van der Waals surface area contributed by atoms with Gasteiger partial charge >= 0.3 is 10.2 Å². The fourth-order valence-electron chi connectivity index (χ4n) is 8.49. The van der Waals surface area contributed by atoms with Crippen molar-refractivity contribution in [3.8, 4) is 16.6 Å². The van der Waals surface area contributed by atoms with Crippen molar-refractivity contribution in [3.05, 3.63) is 71.3 Å². The van der Waals surface area contributed by atoms with Gasteiger partial charge in [0.1, 0.15) is 34.3 Å². The van der Waals surface area contributed by atoms with E-state index in [-0.39, 0.29) is 37.3 Å². The number of carbonyl (C=O) groups is 3. The van der Waals surface area contributed by atoms with E-state index < -0.39 is 51.7 Å². The molecule has 7 rings (SSSR count). The summed E-state index contributed by atoms with van der Waals surface area (Å²) in [7, 11) is -1.49. The second-order valence-electron chi connectivity index (χ2n) is 17.7. The van der Waals surface area contributed by atoms with E-state index in [1.54, 1.807) is 16.2 Å². The standard InChI is InChI=1S/C45H60N8O6S2/c1-27(2)37-39(28(3)4)60-41(47-37)33-21-17-23-35-38(33)48-44(53(35)29(5)6)59-32-24-36-40(54)49-45(43(56)50-61(57,58)51(7)8)25-30(45)18-13-10-9-11-16-22-34(42(55)52(36)26-32)46-31-19-14-12-15-20-31/h12-15,17-21,23,27-30,32,34,36,46H,9-11,16,22,24-26H2,1-8H3,(H,49,54)(H,50,56)/b18-13-/t30-,32-,34+,36+,45-/m1/s1. The van der Waals surface area contributed by atoms with Crippen LogP contribution in [0.5, 0.6) is 6.01 Å². The second kappa shape index (κ2) is 17.9. The monoisotopic (exact) mass is 872 g/mol. The van der Waals surface area contributed by atoms with Crippen LogP contribution in [-0.4, -0.2) is 94.2 Å². The number of rotatable bonds is 11. The molecule has 328 valence electrons. The molecule has 4 aromatic rings. The zero-order valence-electron chi connectivity index (χ0n) is 36.5. The van der Waals surface area contributed by atoms with Gasteiger partial charge in [-0.15, -0.1) is 11.3 Å². The van der Waals surface area contributed by atoms with Crippen molar-refractivity contribution in [1.29, 1.82) is 0 Å². The summed E-state index contributed by atoms with van der Waals surface area (Å²) >= 11 is 1.69. The second-order valence-corrected chi connectivity index (χ2v) is 20.6. The molecule has 2 fully saturated rings. The van der Waals surface area contributed by atoms with Gasteiger partial charge in [-0.1, -0.05) is 77.0 Å². The number of anilines is 1. The highest BCUT2D eigenvalue weighted by Crippen LogP contribution is 2.46. The smallest absolute Gasteiger partial charge is 0.303 e. The maximum Gasteiger partial charge on any atom is 0.303 e. The minimum Gasteiger partial charge on any atom is -0.459 e. The van der Waals surface area contributed by atoms with Crippen molar-refractivity contribution in [3.63, 3.8) is 0 Å². The number of nitrogens with one attached hydrogen (secondary N) is 3. The summed E-state index contributed by atoms with van der Waals surface area (Å²) in [6.45, 7) is 12.9. The maximum absolute atomic E-state index is 14.8. The summed E-state index contributed by atoms with van der Waals surface area (Å²) < 4.78 is 37.6. The summed E-state index contributed by atoms with van der Waals surface area (Å²) in [6, 6.07) is 14.3. The molecule has 5 atom stereocenters. The molecule has 0 bridgehead atoms. The van der Waals surface area contributed by atoms with E-state index in [9.17, 15) is 22.8 Å². The first-order chi connectivity index (χ1) is 29.0. The van der Waals surface area contributed by atoms with E-state index in [0.717, 1.165) is 63.0 Å². The normalized spacial score (nSPS) is 24.4. The average Bonchev–Trinajstić information content (AvgIpc) is 3.53. The predicted molar refractivity (Wildman–Crippen MR) is 240 cm³/mol. The first-order valence-corrected chi connectivity index (χ1v) is 23.8. The summed E-state index contributed by atoms with van der Waals surface area (Å²) in [5, 5.41) is 7.30. The van der Waals surface area contributed by atoms with Crippen LogP contribution in [0.1, 0.15) is 115 Å². The van der Waals surface area contributed by atoms with Crippen molar-refractivity contribution in [2.24, 2.45) is 5.92 Å². The molecule has 2 aromatic heterocycles. The predicted octanol–water partition coefficient (Wildman–Crippen LogP) is 7.13. The van der Waals surface area contributed by atoms with Crippen LogP contribution >= 0.6 is 11.3 Å². The first-order valence-electron chi connectivity index (χ1n) is 21.5. The number of ether oxygens (including phenoxy) is 1. The fourth-order valence-corrected chi connectivity index (χ4v) is 10.3. The lowest BCUT2D eigenvalue weighted by molar-refractivity contribution is -0.140. The van der Waals surface area contributed by atoms with Crippen molar-refractivity contribution in [2.45, 2.75) is 128 Å². The maximum atomic E-state index is 14.8. The number of carbonyl (C=O) groups excluding carboxylic acids is 3. The van der Waals surface area contributed by atoms with E-state index in [1.165, 1.54) is 19.0 Å². The molecule has 0 radical (unpaired) electrons. The Kier molecular flexibility index (Phi) is 13.0. The Morgan fingerprint density at radius 3 is 2.41 bits per heavy atom. The molecule has 4 heterocycles. The van der Waals surface area contributed by atoms with Gasteiger partial charge in [0.05, 0.1) is 17.8 Å². The van der Waals surface area contributed by atoms with Crippen LogP contribution in [0.2, 0.25) is 0 Å². The molecule has 14 nitrogen and oxygen atoms in total. The minimum atomic E-state index is -4.15. The Labute approximate surface area is 363 Å². The molecule has 0 unspecified atom stereocenters. The number of hydrogen-bond acceptors (Lipinski definition) is 10. The number of benzene rings is 2. The molecular weight excluding hydrogens is 813 g/mol. The Hall–Kier alpha value is -4.80. The van der Waals surface area contributed by atoms with Gasteiger partial charge in [0.15, 0.2) is 0 Å². The van der Waals surface area contributed by atoms with Gasteiger partial charge in [-0.05, 0) is 75.6 Å². The number of thiazole rings is 1. The van der Waals surface area contributed by atoms with Gasteiger partial charge in [0.2, 0.25) is 11.8 Å². The number of allylic oxidation sites excluding steroid dienone is 1. The number of para-hydroxylation sites is 2. The van der Waals surface area contributed by atoms with Crippen LogP contribution in [0.15, 0.2) is 60.7 Å². The summed E-state index contributed by atoms with van der Waals surface area (Å²) in [5.41, 5.74) is 2.93. The van der Waals surface area contributed by atoms with E-state index in [4.69, 9.17) is 14.7 Å². The van der Waals surface area contributed by atoms with Gasteiger partial charge in [0.25, 0.3) is 11.9 Å². The van der Waals surface area contributed by atoms with E-state index in [1.807, 2.05) is 65.3 Å². The Morgan fingerprint density at radius 1 is 0.984 bits per heavy atom. The zero-order valence-corrected chi connectivity index (χ0v) is 38.1. The number of hydrogen-bond donors (Lipinski definition) is 3. The topological polar surface area (TPSA) is 168 Å². The van der Waals surface area contributed by atoms with Gasteiger partial charge in [-0.3, -0.25) is 19.0 Å². The minimum absolute atomic E-state index is 0.0445. The molecule has 2 aliphatic heterocycles.